The Bertz CT molecular complexity index is 1620. The number of pyridine rings is 1. The molecule has 8 nitrogen and oxygen atoms in total. The van der Waals surface area contributed by atoms with Crippen molar-refractivity contribution < 1.29 is 36.7 Å². The molecule has 38 heavy (non-hydrogen) atoms. The van der Waals surface area contributed by atoms with Crippen LogP contribution in [0.3, 0.4) is 0 Å². The first-order valence-corrected chi connectivity index (χ1v) is 11.1. The van der Waals surface area contributed by atoms with Crippen LogP contribution in [0.1, 0.15) is 21.6 Å². The van der Waals surface area contributed by atoms with Gasteiger partial charge in [-0.1, -0.05) is 29.3 Å². The molecule has 2 aromatic carbocycles. The third-order valence-corrected chi connectivity index (χ3v) is 5.51. The number of hydrogen-bond donors (Lipinski definition) is 1. The van der Waals surface area contributed by atoms with Gasteiger partial charge in [-0.2, -0.15) is 23.2 Å². The molecule has 0 aliphatic rings. The normalized spacial score (nSPS) is 11.2. The first-order chi connectivity index (χ1) is 18.0. The number of halogens is 6. The minimum atomic E-state index is -5.33. The fourth-order valence-electron chi connectivity index (χ4n) is 3.29. The number of aromatic nitrogens is 2. The minimum Gasteiger partial charge on any atom is -0.453 e. The number of hydrogen-bond acceptors (Lipinski definition) is 6. The van der Waals surface area contributed by atoms with E-state index in [9.17, 15) is 22.8 Å². The quantitative estimate of drug-likeness (QED) is 0.305. The molecule has 0 saturated heterocycles. The number of nitrogens with zero attached hydrogens (tertiary/aromatic N) is 3. The molecule has 0 fully saturated rings. The number of fused-ring (bicyclic) bond motifs is 1. The van der Waals surface area contributed by atoms with Gasteiger partial charge >= 0.3 is 12.1 Å². The summed E-state index contributed by atoms with van der Waals surface area (Å²) in [5.41, 5.74) is -0.498. The lowest BCUT2D eigenvalue weighted by molar-refractivity contribution is -0.199. The predicted molar refractivity (Wildman–Crippen MR) is 126 cm³/mol. The van der Waals surface area contributed by atoms with Gasteiger partial charge in [-0.15, -0.1) is 0 Å². The Hall–Kier alpha value is -4.34. The Kier molecular flexibility index (Phi) is 7.43. The molecular weight excluding hydrogens is 555 g/mol. The molecule has 4 aromatic rings. The smallest absolute Gasteiger partial charge is 0.453 e. The predicted octanol–water partition coefficient (Wildman–Crippen LogP) is 5.59. The van der Waals surface area contributed by atoms with Gasteiger partial charge in [0.05, 0.1) is 22.9 Å². The van der Waals surface area contributed by atoms with E-state index in [-0.39, 0.29) is 37.8 Å². The Morgan fingerprint density at radius 1 is 1.13 bits per heavy atom. The van der Waals surface area contributed by atoms with Crippen LogP contribution in [0.4, 0.5) is 17.6 Å². The highest BCUT2D eigenvalue weighted by Gasteiger charge is 2.42. The van der Waals surface area contributed by atoms with Gasteiger partial charge < -0.3 is 14.9 Å². The Balaban J connectivity index is 1.59. The molecule has 4 rings (SSSR count). The summed E-state index contributed by atoms with van der Waals surface area (Å²) in [5, 5.41) is 11.7. The van der Waals surface area contributed by atoms with Gasteiger partial charge in [-0.3, -0.25) is 9.78 Å². The number of ether oxygens (including phenoxy) is 1. The lowest BCUT2D eigenvalue weighted by Gasteiger charge is -2.14. The second-order valence-electron chi connectivity index (χ2n) is 7.56. The van der Waals surface area contributed by atoms with Gasteiger partial charge in [0.15, 0.2) is 11.6 Å². The lowest BCUT2D eigenvalue weighted by Crippen LogP contribution is -2.36. The molecule has 0 spiro atoms. The van der Waals surface area contributed by atoms with Crippen LogP contribution in [-0.2, 0) is 11.3 Å². The number of carbonyl (C=O) groups excluding carboxylic acids is 2. The summed E-state index contributed by atoms with van der Waals surface area (Å²) in [6.07, 6.45) is -2.90. The van der Waals surface area contributed by atoms with E-state index in [1.54, 1.807) is 0 Å². The van der Waals surface area contributed by atoms with Crippen molar-refractivity contribution in [3.05, 3.63) is 87.5 Å². The highest BCUT2D eigenvalue weighted by atomic mass is 35.5. The van der Waals surface area contributed by atoms with E-state index >= 15 is 4.39 Å². The topological polar surface area (TPSA) is 106 Å². The van der Waals surface area contributed by atoms with Gasteiger partial charge in [0.2, 0.25) is 0 Å². The zero-order valence-corrected chi connectivity index (χ0v) is 20.2. The molecule has 0 aliphatic carbocycles. The van der Waals surface area contributed by atoms with Crippen molar-refractivity contribution in [3.8, 4) is 17.6 Å². The van der Waals surface area contributed by atoms with Crippen LogP contribution < -0.4 is 14.9 Å². The maximum atomic E-state index is 15.2. The highest BCUT2D eigenvalue weighted by molar-refractivity contribution is 6.32. The van der Waals surface area contributed by atoms with E-state index in [2.05, 4.69) is 15.1 Å². The molecule has 0 unspecified atom stereocenters. The molecule has 2 heterocycles. The first-order valence-electron chi connectivity index (χ1n) is 10.4. The zero-order valence-electron chi connectivity index (χ0n) is 18.6. The van der Waals surface area contributed by atoms with Gasteiger partial charge in [-0.25, -0.2) is 9.18 Å². The van der Waals surface area contributed by atoms with Crippen LogP contribution in [0.25, 0.3) is 10.9 Å². The van der Waals surface area contributed by atoms with Gasteiger partial charge in [0, 0.05) is 28.7 Å². The van der Waals surface area contributed by atoms with Gasteiger partial charge in [0.1, 0.15) is 17.0 Å². The molecular formula is C24H12Cl2F4N4O4. The van der Waals surface area contributed by atoms with Crippen molar-refractivity contribution >= 4 is 46.0 Å². The molecule has 0 radical (unpaired) electrons. The molecule has 0 bridgehead atoms. The van der Waals surface area contributed by atoms with E-state index in [0.29, 0.717) is 4.73 Å². The molecule has 194 valence electrons. The standard InChI is InChI=1S/C24H12Cl2F4N4O4/c25-15-5-12(9-31)6-16(8-15)37-21-17(26)2-1-14(20(21)27)10-33-22(35)18-7-13-3-4-32-11-19(13)34(18)38-23(36)24(28,29)30/h1-8,11H,10H2,(H,33,35). The van der Waals surface area contributed by atoms with Crippen molar-refractivity contribution in [2.24, 2.45) is 0 Å². The number of benzene rings is 2. The summed E-state index contributed by atoms with van der Waals surface area (Å²) in [4.78, 5) is 32.4. The molecule has 2 aromatic heterocycles. The fraction of sp³-hybridized carbons (Fsp3) is 0.0833. The van der Waals surface area contributed by atoms with Crippen molar-refractivity contribution in [3.63, 3.8) is 0 Å². The van der Waals surface area contributed by atoms with Crippen LogP contribution >= 0.6 is 23.2 Å². The van der Waals surface area contributed by atoms with Crippen LogP contribution in [0, 0.1) is 17.1 Å². The second-order valence-corrected chi connectivity index (χ2v) is 8.40. The SMILES string of the molecule is N#Cc1cc(Cl)cc(Oc2c(Cl)ccc(CNC(=O)c3cc4ccncc4n3OC(=O)C(F)(F)F)c2F)c1. The third kappa shape index (κ3) is 5.64. The summed E-state index contributed by atoms with van der Waals surface area (Å²) in [5.74, 6) is -4.88. The largest absolute Gasteiger partial charge is 0.493 e. The Morgan fingerprint density at radius 3 is 2.61 bits per heavy atom. The maximum absolute atomic E-state index is 15.2. The Labute approximate surface area is 220 Å². The molecule has 1 N–H and O–H groups in total. The van der Waals surface area contributed by atoms with Crippen molar-refractivity contribution in [1.29, 1.82) is 5.26 Å². The zero-order chi connectivity index (χ0) is 27.6. The van der Waals surface area contributed by atoms with Crippen LogP contribution in [-0.4, -0.2) is 27.8 Å². The number of amides is 1. The van der Waals surface area contributed by atoms with E-state index in [1.165, 1.54) is 48.7 Å². The van der Waals surface area contributed by atoms with E-state index in [1.807, 2.05) is 6.07 Å². The summed E-state index contributed by atoms with van der Waals surface area (Å²) < 4.78 is 59.5. The average Bonchev–Trinajstić information content (AvgIpc) is 3.23. The van der Waals surface area contributed by atoms with E-state index in [4.69, 9.17) is 33.2 Å². The molecule has 0 atom stereocenters. The number of alkyl halides is 3. The maximum Gasteiger partial charge on any atom is 0.493 e. The molecule has 14 heteroatoms. The number of carbonyl (C=O) groups is 2. The average molecular weight is 567 g/mol. The van der Waals surface area contributed by atoms with Crippen molar-refractivity contribution in [2.45, 2.75) is 12.7 Å². The summed E-state index contributed by atoms with van der Waals surface area (Å²) in [6.45, 7) is -0.454. The first kappa shape index (κ1) is 26.7. The Morgan fingerprint density at radius 2 is 1.89 bits per heavy atom. The summed E-state index contributed by atoms with van der Waals surface area (Å²) in [7, 11) is 0. The van der Waals surface area contributed by atoms with Gasteiger partial charge in [-0.05, 0) is 36.4 Å². The monoisotopic (exact) mass is 566 g/mol. The molecule has 1 amide bonds. The highest BCUT2D eigenvalue weighted by Crippen LogP contribution is 2.35. The van der Waals surface area contributed by atoms with Crippen LogP contribution in [0.5, 0.6) is 11.5 Å². The van der Waals surface area contributed by atoms with Crippen LogP contribution in [0.15, 0.2) is 54.9 Å². The van der Waals surface area contributed by atoms with E-state index in [0.717, 1.165) is 6.20 Å². The number of nitriles is 1. The molecule has 0 saturated carbocycles. The second kappa shape index (κ2) is 10.6. The van der Waals surface area contributed by atoms with Crippen molar-refractivity contribution in [1.82, 2.24) is 15.0 Å². The number of rotatable bonds is 6. The number of nitrogens with one attached hydrogen (secondary N) is 1. The lowest BCUT2D eigenvalue weighted by atomic mass is 10.2. The van der Waals surface area contributed by atoms with E-state index < -0.39 is 41.9 Å². The third-order valence-electron chi connectivity index (χ3n) is 4.99. The molecule has 0 aliphatic heterocycles. The fourth-order valence-corrected chi connectivity index (χ4v) is 3.70. The summed E-state index contributed by atoms with van der Waals surface area (Å²) in [6, 6.07) is 11.0. The van der Waals surface area contributed by atoms with Crippen molar-refractivity contribution in [2.75, 3.05) is 0 Å². The van der Waals surface area contributed by atoms with Crippen LogP contribution in [0.2, 0.25) is 10.0 Å². The minimum absolute atomic E-state index is 0.0284. The van der Waals surface area contributed by atoms with Gasteiger partial charge in [0.25, 0.3) is 5.91 Å². The summed E-state index contributed by atoms with van der Waals surface area (Å²) >= 11 is 12.0.